The molecule has 2 aromatic rings. The summed E-state index contributed by atoms with van der Waals surface area (Å²) in [6.45, 7) is 5.78. The van der Waals surface area contributed by atoms with Gasteiger partial charge >= 0.3 is 25.5 Å². The minimum Gasteiger partial charge on any atom is -0.459 e. The Kier molecular flexibility index (Phi) is 11.7. The molecule has 3 rings (SSSR count). The molecule has 0 amide bonds. The Morgan fingerprint density at radius 3 is 2.20 bits per heavy atom. The summed E-state index contributed by atoms with van der Waals surface area (Å²) in [5, 5.41) is 0. The number of hydrogen-bond acceptors (Lipinski definition) is 11. The molecule has 1 fully saturated rings. The average molecular weight is 690 g/mol. The Morgan fingerprint density at radius 1 is 0.975 bits per heavy atom. The van der Waals surface area contributed by atoms with Gasteiger partial charge in [0.15, 0.2) is 24.3 Å². The molecule has 1 aliphatic rings. The van der Waals surface area contributed by atoms with E-state index in [9.17, 15) is 18.9 Å². The van der Waals surface area contributed by atoms with Crippen LogP contribution in [0.5, 0.6) is 0 Å². The number of hydrogen-bond donors (Lipinski definition) is 0. The van der Waals surface area contributed by atoms with Gasteiger partial charge in [-0.3, -0.25) is 9.36 Å². The van der Waals surface area contributed by atoms with Gasteiger partial charge in [0.1, 0.15) is 12.7 Å². The quantitative estimate of drug-likeness (QED) is 0.122. The molecule has 0 spiro atoms. The first-order valence-corrected chi connectivity index (χ1v) is 15.4. The van der Waals surface area contributed by atoms with Gasteiger partial charge in [-0.05, 0) is 67.6 Å². The summed E-state index contributed by atoms with van der Waals surface area (Å²) < 4.78 is 53.0. The van der Waals surface area contributed by atoms with Crippen molar-refractivity contribution < 1.29 is 51.7 Å². The van der Waals surface area contributed by atoms with Crippen molar-refractivity contribution in [1.29, 1.82) is 0 Å². The molecule has 0 bridgehead atoms. The first kappa shape index (κ1) is 32.2. The van der Waals surface area contributed by atoms with Gasteiger partial charge < -0.3 is 32.7 Å². The maximum atomic E-state index is 13.1. The van der Waals surface area contributed by atoms with Crippen LogP contribution in [0.3, 0.4) is 0 Å². The molecule has 0 radical (unpaired) electrons. The number of benzene rings is 2. The normalized spacial score (nSPS) is 22.5. The smallest absolute Gasteiger partial charge is 0.356 e. The van der Waals surface area contributed by atoms with Crippen LogP contribution >= 0.6 is 30.2 Å². The summed E-state index contributed by atoms with van der Waals surface area (Å²) in [7, 11) is -3.68. The predicted octanol–water partition coefficient (Wildman–Crippen LogP) is 4.96. The molecule has 1 unspecified atom stereocenters. The summed E-state index contributed by atoms with van der Waals surface area (Å²) in [5.41, 5.74) is -1.11. The van der Waals surface area contributed by atoms with E-state index >= 15 is 0 Å². The number of rotatable bonds is 13. The van der Waals surface area contributed by atoms with Crippen molar-refractivity contribution >= 4 is 48.1 Å². The molecule has 13 heteroatoms. The Bertz CT molecular complexity index is 1210. The lowest BCUT2D eigenvalue weighted by atomic mass is 9.94. The number of halogens is 1. The van der Waals surface area contributed by atoms with E-state index in [1.807, 2.05) is 22.6 Å². The van der Waals surface area contributed by atoms with Crippen LogP contribution in [0.25, 0.3) is 0 Å². The van der Waals surface area contributed by atoms with Crippen LogP contribution in [0.15, 0.2) is 54.6 Å². The Morgan fingerprint density at radius 2 is 1.60 bits per heavy atom. The second kappa shape index (κ2) is 14.5. The maximum Gasteiger partial charge on any atom is 0.356 e. The summed E-state index contributed by atoms with van der Waals surface area (Å²) >= 11 is 2.02. The van der Waals surface area contributed by atoms with Gasteiger partial charge in [-0.25, -0.2) is 9.59 Å². The average Bonchev–Trinajstić information content (AvgIpc) is 3.16. The molecule has 0 saturated carbocycles. The largest absolute Gasteiger partial charge is 0.459 e. The molecule has 4 atom stereocenters. The summed E-state index contributed by atoms with van der Waals surface area (Å²) in [4.78, 5) is 38.1. The molecule has 1 heterocycles. The second-order valence-corrected chi connectivity index (χ2v) is 11.9. The minimum absolute atomic E-state index is 0.100. The molecule has 40 heavy (non-hydrogen) atoms. The summed E-state index contributed by atoms with van der Waals surface area (Å²) in [6.07, 6.45) is -4.37. The number of carbonyl (C=O) groups excluding carboxylic acids is 3. The highest BCUT2D eigenvalue weighted by Gasteiger charge is 2.60. The third kappa shape index (κ3) is 8.11. The molecule has 0 aromatic heterocycles. The predicted molar refractivity (Wildman–Crippen MR) is 151 cm³/mol. The number of carbonyl (C=O) groups is 3. The maximum absolute atomic E-state index is 13.1. The fraction of sp³-hybridized carbons (Fsp3) is 0.444. The van der Waals surface area contributed by atoms with Crippen molar-refractivity contribution in [3.8, 4) is 0 Å². The lowest BCUT2D eigenvalue weighted by molar-refractivity contribution is -0.185. The van der Waals surface area contributed by atoms with Crippen LogP contribution in [0.1, 0.15) is 48.4 Å². The monoisotopic (exact) mass is 690 g/mol. The zero-order valence-electron chi connectivity index (χ0n) is 22.6. The molecule has 11 nitrogen and oxygen atoms in total. The van der Waals surface area contributed by atoms with E-state index in [4.69, 9.17) is 32.7 Å². The zero-order chi connectivity index (χ0) is 29.3. The van der Waals surface area contributed by atoms with Crippen molar-refractivity contribution in [3.63, 3.8) is 0 Å². The molecule has 2 aromatic carbocycles. The van der Waals surface area contributed by atoms with Crippen molar-refractivity contribution in [1.82, 2.24) is 0 Å². The molecular weight excluding hydrogens is 658 g/mol. The van der Waals surface area contributed by atoms with Gasteiger partial charge in [-0.15, -0.1) is 0 Å². The first-order chi connectivity index (χ1) is 19.0. The summed E-state index contributed by atoms with van der Waals surface area (Å²) in [6, 6.07) is 15.0. The van der Waals surface area contributed by atoms with Crippen LogP contribution in [0.4, 0.5) is 0 Å². The van der Waals surface area contributed by atoms with E-state index in [0.29, 0.717) is 9.13 Å². The number of ether oxygens (including phenoxy) is 5. The van der Waals surface area contributed by atoms with Crippen LogP contribution in [0, 0.1) is 3.57 Å². The Labute approximate surface area is 246 Å². The molecule has 0 aliphatic carbocycles. The van der Waals surface area contributed by atoms with Crippen molar-refractivity contribution in [3.05, 3.63) is 69.3 Å². The van der Waals surface area contributed by atoms with Gasteiger partial charge in [0, 0.05) is 10.5 Å². The van der Waals surface area contributed by atoms with E-state index in [1.54, 1.807) is 68.4 Å². The van der Waals surface area contributed by atoms with E-state index in [0.717, 1.165) is 0 Å². The van der Waals surface area contributed by atoms with Gasteiger partial charge in [-0.2, -0.15) is 0 Å². The van der Waals surface area contributed by atoms with Crippen LogP contribution in [-0.2, 0) is 42.1 Å². The Hall–Kier alpha value is -2.35. The highest BCUT2D eigenvalue weighted by atomic mass is 127. The van der Waals surface area contributed by atoms with Gasteiger partial charge in [0.2, 0.25) is 0 Å². The van der Waals surface area contributed by atoms with Crippen molar-refractivity contribution in [2.45, 2.75) is 51.8 Å². The fourth-order valence-electron chi connectivity index (χ4n) is 3.99. The van der Waals surface area contributed by atoms with Crippen LogP contribution in [0.2, 0.25) is 0 Å². The highest BCUT2D eigenvalue weighted by molar-refractivity contribution is 14.1. The molecular formula is C27H32IO11P. The third-order valence-electron chi connectivity index (χ3n) is 5.87. The third-order valence-corrected chi connectivity index (χ3v) is 8.58. The minimum atomic E-state index is -3.68. The van der Waals surface area contributed by atoms with Crippen LogP contribution in [-0.4, -0.2) is 68.2 Å². The lowest BCUT2D eigenvalue weighted by Crippen LogP contribution is -2.52. The highest BCUT2D eigenvalue weighted by Crippen LogP contribution is 2.49. The molecule has 1 saturated heterocycles. The Balaban J connectivity index is 1.91. The second-order valence-electron chi connectivity index (χ2n) is 8.78. The first-order valence-electron chi connectivity index (χ1n) is 12.6. The van der Waals surface area contributed by atoms with Crippen LogP contribution < -0.4 is 0 Å². The molecule has 0 N–H and O–H groups in total. The lowest BCUT2D eigenvalue weighted by Gasteiger charge is -2.33. The van der Waals surface area contributed by atoms with Crippen molar-refractivity contribution in [2.75, 3.05) is 26.2 Å². The van der Waals surface area contributed by atoms with Gasteiger partial charge in [0.05, 0.1) is 24.3 Å². The standard InChI is InChI=1S/C27H32IO11P/c1-5-35-40(32,36-6-2)17-34-26-23(37-18(3)29)27(4,39-24(30)19-12-8-7-9-13-19)22(38-26)16-33-25(31)20-14-10-11-15-21(20)28/h7-15,22-23,26H,5-6,16-17H2,1-4H3/t22-,23?,26-,27-/m0/s1. The van der Waals surface area contributed by atoms with E-state index in [1.165, 1.54) is 13.8 Å². The zero-order valence-corrected chi connectivity index (χ0v) is 25.6. The topological polar surface area (TPSA) is 133 Å². The van der Waals surface area contributed by atoms with Crippen molar-refractivity contribution in [2.24, 2.45) is 0 Å². The SMILES string of the molecule is CCOP(=O)(CO[C@H]1O[C@@H](COC(=O)c2ccccc2I)[C@](C)(OC(=O)c2ccccc2)C1OC(C)=O)OCC. The fourth-order valence-corrected chi connectivity index (χ4v) is 5.93. The molecule has 1 aliphatic heterocycles. The van der Waals surface area contributed by atoms with E-state index in [-0.39, 0.29) is 25.4 Å². The van der Waals surface area contributed by atoms with Gasteiger partial charge in [0.25, 0.3) is 0 Å². The number of esters is 3. The summed E-state index contributed by atoms with van der Waals surface area (Å²) in [5.74, 6) is -2.07. The van der Waals surface area contributed by atoms with E-state index < -0.39 is 56.0 Å². The van der Waals surface area contributed by atoms with E-state index in [2.05, 4.69) is 0 Å². The molecule has 218 valence electrons. The van der Waals surface area contributed by atoms with Gasteiger partial charge in [-0.1, -0.05) is 30.3 Å².